The smallest absolute Gasteiger partial charge is 0.141 e. The Hall–Kier alpha value is -1.55. The van der Waals surface area contributed by atoms with E-state index in [1.807, 2.05) is 6.07 Å². The van der Waals surface area contributed by atoms with Gasteiger partial charge in [-0.3, -0.25) is 5.10 Å². The molecule has 1 aromatic carbocycles. The minimum atomic E-state index is 0.230. The first-order chi connectivity index (χ1) is 6.33. The zero-order chi connectivity index (χ0) is 9.26. The van der Waals surface area contributed by atoms with E-state index in [4.69, 9.17) is 5.73 Å². The lowest BCUT2D eigenvalue weighted by molar-refractivity contribution is 0.480. The summed E-state index contributed by atoms with van der Waals surface area (Å²) in [6.07, 6.45) is 2.51. The number of hydrogen-bond acceptors (Lipinski definition) is 3. The van der Waals surface area contributed by atoms with Crippen molar-refractivity contribution in [1.29, 1.82) is 0 Å². The van der Waals surface area contributed by atoms with Crippen molar-refractivity contribution in [2.45, 2.75) is 6.42 Å². The number of rotatable bonds is 2. The Balaban J connectivity index is 2.64. The molecule has 0 saturated carbocycles. The molecule has 68 valence electrons. The Kier molecular flexibility index (Phi) is 1.90. The summed E-state index contributed by atoms with van der Waals surface area (Å²) in [4.78, 5) is 0. The molecule has 2 rings (SSSR count). The van der Waals surface area contributed by atoms with Gasteiger partial charge in [-0.1, -0.05) is 6.07 Å². The summed E-state index contributed by atoms with van der Waals surface area (Å²) in [6, 6.07) is 3.53. The molecular formula is C9H11N3O. The van der Waals surface area contributed by atoms with Crippen LogP contribution < -0.4 is 5.73 Å². The highest BCUT2D eigenvalue weighted by Crippen LogP contribution is 2.25. The second kappa shape index (κ2) is 3.06. The number of aromatic hydroxyl groups is 1. The molecule has 4 N–H and O–H groups in total. The van der Waals surface area contributed by atoms with E-state index in [0.29, 0.717) is 12.1 Å². The van der Waals surface area contributed by atoms with Gasteiger partial charge in [0.1, 0.15) is 11.3 Å². The molecule has 0 atom stereocenters. The summed E-state index contributed by atoms with van der Waals surface area (Å²) in [6.45, 7) is 0.602. The summed E-state index contributed by atoms with van der Waals surface area (Å²) in [5.74, 6) is 0.230. The van der Waals surface area contributed by atoms with E-state index >= 15 is 0 Å². The van der Waals surface area contributed by atoms with Crippen LogP contribution in [0.5, 0.6) is 5.75 Å². The number of aromatic nitrogens is 2. The lowest BCUT2D eigenvalue weighted by atomic mass is 10.1. The van der Waals surface area contributed by atoms with Crippen LogP contribution in [0.1, 0.15) is 5.56 Å². The van der Waals surface area contributed by atoms with Gasteiger partial charge in [-0.25, -0.2) is 0 Å². The molecule has 0 bridgehead atoms. The summed E-state index contributed by atoms with van der Waals surface area (Å²) in [7, 11) is 0. The Bertz CT molecular complexity index is 422. The average molecular weight is 177 g/mol. The zero-order valence-corrected chi connectivity index (χ0v) is 7.12. The third-order valence-electron chi connectivity index (χ3n) is 2.10. The SMILES string of the molecule is NCCc1ccc(O)c2[nH]ncc12. The van der Waals surface area contributed by atoms with E-state index in [1.54, 1.807) is 12.3 Å². The van der Waals surface area contributed by atoms with Crippen molar-refractivity contribution in [2.24, 2.45) is 5.73 Å². The molecule has 0 fully saturated rings. The van der Waals surface area contributed by atoms with Gasteiger partial charge in [-0.05, 0) is 24.6 Å². The summed E-state index contributed by atoms with van der Waals surface area (Å²) >= 11 is 0. The molecule has 0 unspecified atom stereocenters. The van der Waals surface area contributed by atoms with Crippen LogP contribution in [0.4, 0.5) is 0 Å². The van der Waals surface area contributed by atoms with Crippen molar-refractivity contribution in [3.8, 4) is 5.75 Å². The maximum atomic E-state index is 9.45. The molecule has 0 radical (unpaired) electrons. The van der Waals surface area contributed by atoms with Gasteiger partial charge < -0.3 is 10.8 Å². The third kappa shape index (κ3) is 1.25. The third-order valence-corrected chi connectivity index (χ3v) is 2.10. The van der Waals surface area contributed by atoms with Crippen LogP contribution >= 0.6 is 0 Å². The number of nitrogens with zero attached hydrogens (tertiary/aromatic N) is 1. The predicted octanol–water partition coefficient (Wildman–Crippen LogP) is 0.770. The van der Waals surface area contributed by atoms with Gasteiger partial charge in [0.25, 0.3) is 0 Å². The maximum absolute atomic E-state index is 9.45. The molecule has 4 heteroatoms. The lowest BCUT2D eigenvalue weighted by Gasteiger charge is -2.01. The highest BCUT2D eigenvalue weighted by Gasteiger charge is 2.05. The van der Waals surface area contributed by atoms with Crippen LogP contribution in [-0.2, 0) is 6.42 Å². The molecule has 1 aromatic heterocycles. The maximum Gasteiger partial charge on any atom is 0.141 e. The van der Waals surface area contributed by atoms with Gasteiger partial charge in [0, 0.05) is 5.39 Å². The van der Waals surface area contributed by atoms with Crippen LogP contribution in [0.3, 0.4) is 0 Å². The van der Waals surface area contributed by atoms with Crippen LogP contribution in [0.25, 0.3) is 10.9 Å². The first-order valence-electron chi connectivity index (χ1n) is 4.17. The molecule has 1 heterocycles. The molecule has 0 aliphatic carbocycles. The topological polar surface area (TPSA) is 74.9 Å². The molecule has 4 nitrogen and oxygen atoms in total. The number of H-pyrrole nitrogens is 1. The summed E-state index contributed by atoms with van der Waals surface area (Å²) in [5, 5.41) is 17.0. The largest absolute Gasteiger partial charge is 0.506 e. The molecule has 2 aromatic rings. The zero-order valence-electron chi connectivity index (χ0n) is 7.12. The molecule has 0 aliphatic heterocycles. The Morgan fingerprint density at radius 2 is 2.31 bits per heavy atom. The van der Waals surface area contributed by atoms with Crippen LogP contribution in [0.15, 0.2) is 18.3 Å². The van der Waals surface area contributed by atoms with E-state index in [-0.39, 0.29) is 5.75 Å². The fourth-order valence-electron chi connectivity index (χ4n) is 1.45. The van der Waals surface area contributed by atoms with Crippen molar-refractivity contribution in [1.82, 2.24) is 10.2 Å². The van der Waals surface area contributed by atoms with Gasteiger partial charge in [0.05, 0.1) is 6.20 Å². The lowest BCUT2D eigenvalue weighted by Crippen LogP contribution is -2.02. The number of nitrogens with one attached hydrogen (secondary N) is 1. The molecule has 0 saturated heterocycles. The van der Waals surface area contributed by atoms with Crippen LogP contribution in [-0.4, -0.2) is 21.8 Å². The number of benzene rings is 1. The molecule has 0 aliphatic rings. The van der Waals surface area contributed by atoms with Crippen LogP contribution in [0.2, 0.25) is 0 Å². The Labute approximate surface area is 75.4 Å². The number of nitrogens with two attached hydrogens (primary N) is 1. The molecule has 13 heavy (non-hydrogen) atoms. The Morgan fingerprint density at radius 3 is 3.08 bits per heavy atom. The van der Waals surface area contributed by atoms with Crippen molar-refractivity contribution in [3.05, 3.63) is 23.9 Å². The number of fused-ring (bicyclic) bond motifs is 1. The second-order valence-electron chi connectivity index (χ2n) is 2.94. The second-order valence-corrected chi connectivity index (χ2v) is 2.94. The summed E-state index contributed by atoms with van der Waals surface area (Å²) in [5.41, 5.74) is 7.27. The fraction of sp³-hybridized carbons (Fsp3) is 0.222. The number of aromatic amines is 1. The van der Waals surface area contributed by atoms with Crippen molar-refractivity contribution in [3.63, 3.8) is 0 Å². The Morgan fingerprint density at radius 1 is 1.46 bits per heavy atom. The van der Waals surface area contributed by atoms with Gasteiger partial charge in [-0.2, -0.15) is 5.10 Å². The monoisotopic (exact) mass is 177 g/mol. The number of phenolic OH excluding ortho intramolecular Hbond substituents is 1. The minimum absolute atomic E-state index is 0.230. The minimum Gasteiger partial charge on any atom is -0.506 e. The quantitative estimate of drug-likeness (QED) is 0.634. The van der Waals surface area contributed by atoms with Crippen molar-refractivity contribution < 1.29 is 5.11 Å². The van der Waals surface area contributed by atoms with Gasteiger partial charge in [-0.15, -0.1) is 0 Å². The highest BCUT2D eigenvalue weighted by atomic mass is 16.3. The van der Waals surface area contributed by atoms with Gasteiger partial charge in [0.15, 0.2) is 0 Å². The van der Waals surface area contributed by atoms with E-state index < -0.39 is 0 Å². The number of hydrogen-bond donors (Lipinski definition) is 3. The van der Waals surface area contributed by atoms with E-state index in [1.165, 1.54) is 0 Å². The van der Waals surface area contributed by atoms with Crippen molar-refractivity contribution in [2.75, 3.05) is 6.54 Å². The highest BCUT2D eigenvalue weighted by molar-refractivity contribution is 5.86. The van der Waals surface area contributed by atoms with Crippen LogP contribution in [0, 0.1) is 0 Å². The van der Waals surface area contributed by atoms with Gasteiger partial charge >= 0.3 is 0 Å². The van der Waals surface area contributed by atoms with Crippen molar-refractivity contribution >= 4 is 10.9 Å². The fourth-order valence-corrected chi connectivity index (χ4v) is 1.45. The first kappa shape index (κ1) is 8.07. The van der Waals surface area contributed by atoms with E-state index in [9.17, 15) is 5.11 Å². The van der Waals surface area contributed by atoms with E-state index in [2.05, 4.69) is 10.2 Å². The van der Waals surface area contributed by atoms with Gasteiger partial charge in [0.2, 0.25) is 0 Å². The molecular weight excluding hydrogens is 166 g/mol. The average Bonchev–Trinajstić information content (AvgIpc) is 2.59. The molecule has 0 amide bonds. The molecule has 0 spiro atoms. The normalized spacial score (nSPS) is 10.8. The summed E-state index contributed by atoms with van der Waals surface area (Å²) < 4.78 is 0. The predicted molar refractivity (Wildman–Crippen MR) is 50.5 cm³/mol. The van der Waals surface area contributed by atoms with E-state index in [0.717, 1.165) is 17.4 Å². The first-order valence-corrected chi connectivity index (χ1v) is 4.17. The standard InChI is InChI=1S/C9H11N3O/c10-4-3-6-1-2-8(13)9-7(6)5-11-12-9/h1-2,5,13H,3-4,10H2,(H,11,12). The number of phenols is 1.